The highest BCUT2D eigenvalue weighted by Gasteiger charge is 2.34. The molecule has 1 heterocycles. The van der Waals surface area contributed by atoms with Crippen molar-refractivity contribution in [2.45, 2.75) is 13.3 Å². The fraction of sp³-hybridized carbons (Fsp3) is 0.120. The fourth-order valence-electron chi connectivity index (χ4n) is 3.06. The fourth-order valence-corrected chi connectivity index (χ4v) is 4.31. The highest BCUT2D eigenvalue weighted by molar-refractivity contribution is 8.19. The van der Waals surface area contributed by atoms with Gasteiger partial charge in [-0.15, -0.1) is 0 Å². The molecule has 4 nitrogen and oxygen atoms in total. The largest absolute Gasteiger partial charge is 0.494 e. The average Bonchev–Trinajstić information content (AvgIpc) is 3.09. The van der Waals surface area contributed by atoms with Gasteiger partial charge in [0.15, 0.2) is 5.17 Å². The molecule has 3 aromatic rings. The molecule has 0 spiro atoms. The summed E-state index contributed by atoms with van der Waals surface area (Å²) in [6.45, 7) is 2.71. The number of benzene rings is 3. The highest BCUT2D eigenvalue weighted by Crippen LogP contribution is 2.38. The number of ether oxygens (including phenoxy) is 1. The summed E-state index contributed by atoms with van der Waals surface area (Å²) >= 11 is 13.4. The van der Waals surface area contributed by atoms with Crippen LogP contribution in [0.5, 0.6) is 5.75 Å². The lowest BCUT2D eigenvalue weighted by molar-refractivity contribution is -0.113. The molecular weight excluding hydrogens is 463 g/mol. The highest BCUT2D eigenvalue weighted by atomic mass is 35.5. The van der Waals surface area contributed by atoms with Gasteiger partial charge in [0.2, 0.25) is 0 Å². The zero-order valence-corrected chi connectivity index (χ0v) is 19.6. The number of hydrogen-bond acceptors (Lipinski definition) is 4. The normalized spacial score (nSPS) is 16.2. The molecule has 0 saturated carbocycles. The number of aliphatic imine (C=N–C) groups is 1. The number of carbonyl (C=O) groups excluding carboxylic acids is 1. The van der Waals surface area contributed by atoms with Crippen molar-refractivity contribution in [3.63, 3.8) is 0 Å². The second-order valence-corrected chi connectivity index (χ2v) is 8.90. The van der Waals surface area contributed by atoms with Crippen molar-refractivity contribution in [1.29, 1.82) is 0 Å². The molecule has 1 aliphatic rings. The van der Waals surface area contributed by atoms with Crippen LogP contribution in [0.1, 0.15) is 18.9 Å². The maximum absolute atomic E-state index is 13.4. The van der Waals surface area contributed by atoms with E-state index >= 15 is 0 Å². The molecule has 0 bridgehead atoms. The van der Waals surface area contributed by atoms with Gasteiger partial charge in [-0.25, -0.2) is 4.99 Å². The number of amidine groups is 1. The van der Waals surface area contributed by atoms with Crippen LogP contribution >= 0.6 is 35.0 Å². The summed E-state index contributed by atoms with van der Waals surface area (Å²) in [7, 11) is 0. The number of carbonyl (C=O) groups is 1. The number of hydrogen-bond donors (Lipinski definition) is 0. The monoisotopic (exact) mass is 482 g/mol. The van der Waals surface area contributed by atoms with Crippen LogP contribution < -0.4 is 9.64 Å². The molecule has 1 aliphatic heterocycles. The van der Waals surface area contributed by atoms with Crippen molar-refractivity contribution >= 4 is 63.5 Å². The second kappa shape index (κ2) is 10.3. The molecule has 32 heavy (non-hydrogen) atoms. The zero-order valence-electron chi connectivity index (χ0n) is 17.3. The topological polar surface area (TPSA) is 41.9 Å². The Kier molecular flexibility index (Phi) is 7.20. The van der Waals surface area contributed by atoms with Crippen molar-refractivity contribution in [2.75, 3.05) is 11.5 Å². The number of halogens is 2. The van der Waals surface area contributed by atoms with Crippen LogP contribution in [0.3, 0.4) is 0 Å². The van der Waals surface area contributed by atoms with Gasteiger partial charge < -0.3 is 4.74 Å². The first-order valence-corrected chi connectivity index (χ1v) is 11.7. The van der Waals surface area contributed by atoms with Crippen molar-refractivity contribution in [2.24, 2.45) is 4.99 Å². The molecule has 0 aliphatic carbocycles. The molecule has 1 amide bonds. The van der Waals surface area contributed by atoms with Crippen molar-refractivity contribution in [1.82, 2.24) is 0 Å². The predicted octanol–water partition coefficient (Wildman–Crippen LogP) is 7.59. The second-order valence-electron chi connectivity index (χ2n) is 7.02. The average molecular weight is 483 g/mol. The van der Waals surface area contributed by atoms with E-state index in [2.05, 4.69) is 6.92 Å². The van der Waals surface area contributed by atoms with Crippen LogP contribution in [-0.4, -0.2) is 17.7 Å². The number of rotatable bonds is 6. The van der Waals surface area contributed by atoms with Gasteiger partial charge in [0.25, 0.3) is 5.91 Å². The van der Waals surface area contributed by atoms with E-state index < -0.39 is 0 Å². The minimum atomic E-state index is -0.148. The van der Waals surface area contributed by atoms with Crippen molar-refractivity contribution in [3.8, 4) is 5.75 Å². The Morgan fingerprint density at radius 2 is 1.69 bits per heavy atom. The van der Waals surface area contributed by atoms with E-state index in [0.717, 1.165) is 17.7 Å². The maximum Gasteiger partial charge on any atom is 0.271 e. The van der Waals surface area contributed by atoms with E-state index in [1.54, 1.807) is 41.3 Å². The number of amides is 1. The smallest absolute Gasteiger partial charge is 0.271 e. The van der Waals surface area contributed by atoms with Gasteiger partial charge in [0.05, 0.1) is 22.9 Å². The quantitative estimate of drug-likeness (QED) is 0.339. The molecule has 162 valence electrons. The number of nitrogens with zero attached hydrogens (tertiary/aromatic N) is 2. The summed E-state index contributed by atoms with van der Waals surface area (Å²) in [5.74, 6) is 0.631. The van der Waals surface area contributed by atoms with Crippen LogP contribution in [0.4, 0.5) is 11.4 Å². The number of anilines is 1. The van der Waals surface area contributed by atoms with Crippen molar-refractivity contribution in [3.05, 3.63) is 93.3 Å². The van der Waals surface area contributed by atoms with E-state index in [1.807, 2.05) is 42.5 Å². The number of thioether (sulfide) groups is 1. The Morgan fingerprint density at radius 1 is 1.00 bits per heavy atom. The Bertz CT molecular complexity index is 1180. The third kappa shape index (κ3) is 5.36. The van der Waals surface area contributed by atoms with Crippen LogP contribution in [0.15, 0.2) is 82.7 Å². The molecule has 0 radical (unpaired) electrons. The Morgan fingerprint density at radius 3 is 2.38 bits per heavy atom. The standard InChI is InChI=1S/C25H20Cl2N2O2S/c1-2-14-31-22-5-3-4-17(15-22)16-23-24(30)29(21-12-8-19(27)9-13-21)25(32-23)28-20-10-6-18(26)7-11-20/h3-13,15-16H,2,14H2,1H3/b23-16-,28-25?. The van der Waals surface area contributed by atoms with Gasteiger partial charge >= 0.3 is 0 Å². The van der Waals surface area contributed by atoms with Gasteiger partial charge in [-0.1, -0.05) is 42.3 Å². The van der Waals surface area contributed by atoms with E-state index in [-0.39, 0.29) is 5.91 Å². The van der Waals surface area contributed by atoms with Gasteiger partial charge in [-0.3, -0.25) is 9.69 Å². The SMILES string of the molecule is CCCOc1cccc(/C=C2\SC(=Nc3ccc(Cl)cc3)N(c3ccc(Cl)cc3)C2=O)c1. The third-order valence-corrected chi connectivity index (χ3v) is 6.04. The first-order chi connectivity index (χ1) is 15.5. The molecule has 7 heteroatoms. The lowest BCUT2D eigenvalue weighted by Gasteiger charge is -2.15. The van der Waals surface area contributed by atoms with Gasteiger partial charge in [0, 0.05) is 10.0 Å². The molecule has 0 atom stereocenters. The summed E-state index contributed by atoms with van der Waals surface area (Å²) in [5.41, 5.74) is 2.29. The molecular formula is C25H20Cl2N2O2S. The van der Waals surface area contributed by atoms with Gasteiger partial charge in [0.1, 0.15) is 5.75 Å². The van der Waals surface area contributed by atoms with Gasteiger partial charge in [-0.05, 0) is 90.5 Å². The first kappa shape index (κ1) is 22.5. The predicted molar refractivity (Wildman–Crippen MR) is 135 cm³/mol. The van der Waals surface area contributed by atoms with Crippen molar-refractivity contribution < 1.29 is 9.53 Å². The lowest BCUT2D eigenvalue weighted by atomic mass is 10.2. The molecule has 0 aromatic heterocycles. The zero-order chi connectivity index (χ0) is 22.5. The summed E-state index contributed by atoms with van der Waals surface area (Å²) in [5, 5.41) is 1.79. The van der Waals surface area contributed by atoms with E-state index in [0.29, 0.717) is 38.1 Å². The molecule has 3 aromatic carbocycles. The van der Waals surface area contributed by atoms with Crippen LogP contribution in [0.25, 0.3) is 6.08 Å². The van der Waals surface area contributed by atoms with Crippen LogP contribution in [0.2, 0.25) is 10.0 Å². The van der Waals surface area contributed by atoms with E-state index in [4.69, 9.17) is 32.9 Å². The summed E-state index contributed by atoms with van der Waals surface area (Å²) in [6, 6.07) is 22.0. The van der Waals surface area contributed by atoms with Crippen LogP contribution in [-0.2, 0) is 4.79 Å². The molecule has 1 saturated heterocycles. The minimum Gasteiger partial charge on any atom is -0.494 e. The minimum absolute atomic E-state index is 0.148. The van der Waals surface area contributed by atoms with Gasteiger partial charge in [-0.2, -0.15) is 0 Å². The summed E-state index contributed by atoms with van der Waals surface area (Å²) < 4.78 is 5.72. The molecule has 0 N–H and O–H groups in total. The maximum atomic E-state index is 13.4. The van der Waals surface area contributed by atoms with Crippen LogP contribution in [0, 0.1) is 0 Å². The molecule has 1 fully saturated rings. The Labute approximate surface area is 201 Å². The third-order valence-electron chi connectivity index (χ3n) is 4.57. The first-order valence-electron chi connectivity index (χ1n) is 10.1. The molecule has 0 unspecified atom stereocenters. The summed E-state index contributed by atoms with van der Waals surface area (Å²) in [6.07, 6.45) is 2.79. The van der Waals surface area contributed by atoms with E-state index in [9.17, 15) is 4.79 Å². The Balaban J connectivity index is 1.71. The van der Waals surface area contributed by atoms with E-state index in [1.165, 1.54) is 11.8 Å². The Hall–Kier alpha value is -2.73. The summed E-state index contributed by atoms with van der Waals surface area (Å²) in [4.78, 5) is 20.3. The molecule has 4 rings (SSSR count). The lowest BCUT2D eigenvalue weighted by Crippen LogP contribution is -2.28.